The van der Waals surface area contributed by atoms with Crippen LogP contribution in [0.15, 0.2) is 24.8 Å². The summed E-state index contributed by atoms with van der Waals surface area (Å²) < 4.78 is 1.72. The first-order valence-electron chi connectivity index (χ1n) is 4.41. The van der Waals surface area contributed by atoms with Gasteiger partial charge in [-0.15, -0.1) is 5.10 Å². The van der Waals surface area contributed by atoms with Crippen LogP contribution in [0.1, 0.15) is 0 Å². The minimum Gasteiger partial charge on any atom is -0.366 e. The highest BCUT2D eigenvalue weighted by atomic mass is 35.5. The lowest BCUT2D eigenvalue weighted by atomic mass is 10.5. The third-order valence-electron chi connectivity index (χ3n) is 1.76. The Bertz CT molecular complexity index is 415. The normalized spacial score (nSPS) is 10.2. The van der Waals surface area contributed by atoms with E-state index in [1.165, 1.54) is 0 Å². The Balaban J connectivity index is 1.86. The summed E-state index contributed by atoms with van der Waals surface area (Å²) in [5, 5.41) is 11.0. The van der Waals surface area contributed by atoms with Crippen molar-refractivity contribution < 1.29 is 0 Å². The first-order chi connectivity index (χ1) is 7.36. The van der Waals surface area contributed by atoms with Crippen LogP contribution >= 0.6 is 11.6 Å². The van der Waals surface area contributed by atoms with E-state index in [4.69, 9.17) is 11.6 Å². The average molecular weight is 225 g/mol. The van der Waals surface area contributed by atoms with Gasteiger partial charge in [0.2, 0.25) is 0 Å². The van der Waals surface area contributed by atoms with Crippen LogP contribution < -0.4 is 5.32 Å². The lowest BCUT2D eigenvalue weighted by molar-refractivity contribution is 0.608. The molecule has 0 spiro atoms. The molecule has 0 unspecified atom stereocenters. The van der Waals surface area contributed by atoms with Crippen molar-refractivity contribution in [3.63, 3.8) is 0 Å². The average Bonchev–Trinajstić information content (AvgIpc) is 2.74. The van der Waals surface area contributed by atoms with Gasteiger partial charge in [-0.2, -0.15) is 0 Å². The molecule has 2 aromatic rings. The molecule has 0 aliphatic carbocycles. The van der Waals surface area contributed by atoms with Gasteiger partial charge in [0.15, 0.2) is 11.0 Å². The van der Waals surface area contributed by atoms with Gasteiger partial charge < -0.3 is 5.32 Å². The van der Waals surface area contributed by atoms with Crippen molar-refractivity contribution in [1.82, 2.24) is 25.0 Å². The Morgan fingerprint density at radius 1 is 1.27 bits per heavy atom. The molecule has 0 aromatic carbocycles. The maximum atomic E-state index is 5.81. The minimum atomic E-state index is 0.371. The maximum Gasteiger partial charge on any atom is 0.171 e. The standard InChI is InChI=1S/C8H9ClN6/c9-7-8(11-2-1-10-7)12-3-5-15-6-4-13-14-15/h1-2,4,6H,3,5H2,(H,11,12). The van der Waals surface area contributed by atoms with Crippen LogP contribution in [0.4, 0.5) is 5.82 Å². The summed E-state index contributed by atoms with van der Waals surface area (Å²) in [7, 11) is 0. The molecule has 6 nitrogen and oxygen atoms in total. The molecular weight excluding hydrogens is 216 g/mol. The number of rotatable bonds is 4. The summed E-state index contributed by atoms with van der Waals surface area (Å²) in [5.74, 6) is 0.583. The van der Waals surface area contributed by atoms with Gasteiger partial charge in [-0.3, -0.25) is 4.68 Å². The Morgan fingerprint density at radius 2 is 2.13 bits per heavy atom. The molecule has 0 amide bonds. The van der Waals surface area contributed by atoms with Gasteiger partial charge in [0.05, 0.1) is 12.7 Å². The van der Waals surface area contributed by atoms with Crippen LogP contribution in [-0.2, 0) is 6.54 Å². The molecule has 2 rings (SSSR count). The van der Waals surface area contributed by atoms with Crippen molar-refractivity contribution in [2.45, 2.75) is 6.54 Å². The molecule has 15 heavy (non-hydrogen) atoms. The summed E-state index contributed by atoms with van der Waals surface area (Å²) >= 11 is 5.81. The van der Waals surface area contributed by atoms with Crippen molar-refractivity contribution in [1.29, 1.82) is 0 Å². The van der Waals surface area contributed by atoms with Crippen LogP contribution in [0, 0.1) is 0 Å². The molecular formula is C8H9ClN6. The van der Waals surface area contributed by atoms with Crippen molar-refractivity contribution in [2.24, 2.45) is 0 Å². The van der Waals surface area contributed by atoms with Crippen LogP contribution in [-0.4, -0.2) is 31.5 Å². The number of nitrogens with one attached hydrogen (secondary N) is 1. The molecule has 0 aliphatic rings. The smallest absolute Gasteiger partial charge is 0.171 e. The largest absolute Gasteiger partial charge is 0.366 e. The van der Waals surface area contributed by atoms with E-state index in [-0.39, 0.29) is 0 Å². The van der Waals surface area contributed by atoms with E-state index in [2.05, 4.69) is 25.6 Å². The van der Waals surface area contributed by atoms with E-state index in [1.807, 2.05) is 0 Å². The third kappa shape index (κ3) is 2.63. The summed E-state index contributed by atoms with van der Waals surface area (Å²) in [6.45, 7) is 1.37. The van der Waals surface area contributed by atoms with Crippen molar-refractivity contribution in [2.75, 3.05) is 11.9 Å². The summed E-state index contributed by atoms with van der Waals surface area (Å²) in [5.41, 5.74) is 0. The van der Waals surface area contributed by atoms with Gasteiger partial charge in [-0.05, 0) is 0 Å². The fourth-order valence-corrected chi connectivity index (χ4v) is 1.25. The summed E-state index contributed by atoms with van der Waals surface area (Å²) in [4.78, 5) is 7.95. The maximum absolute atomic E-state index is 5.81. The molecule has 78 valence electrons. The number of nitrogens with zero attached hydrogens (tertiary/aromatic N) is 5. The molecule has 0 radical (unpaired) electrons. The van der Waals surface area contributed by atoms with Crippen LogP contribution in [0.25, 0.3) is 0 Å². The predicted molar refractivity (Wildman–Crippen MR) is 55.6 cm³/mol. The molecule has 0 aliphatic heterocycles. The molecule has 0 saturated carbocycles. The van der Waals surface area contributed by atoms with Crippen molar-refractivity contribution in [3.8, 4) is 0 Å². The molecule has 0 bridgehead atoms. The van der Waals surface area contributed by atoms with Gasteiger partial charge in [0.25, 0.3) is 0 Å². The number of hydrogen-bond acceptors (Lipinski definition) is 5. The van der Waals surface area contributed by atoms with E-state index in [0.29, 0.717) is 24.1 Å². The highest BCUT2D eigenvalue weighted by Crippen LogP contribution is 2.13. The zero-order chi connectivity index (χ0) is 10.5. The monoisotopic (exact) mass is 224 g/mol. The molecule has 2 heterocycles. The van der Waals surface area contributed by atoms with E-state index in [0.717, 1.165) is 0 Å². The van der Waals surface area contributed by atoms with Crippen molar-refractivity contribution in [3.05, 3.63) is 29.9 Å². The number of anilines is 1. The SMILES string of the molecule is Clc1nccnc1NCCn1ccnn1. The number of halogens is 1. The highest BCUT2D eigenvalue weighted by molar-refractivity contribution is 6.31. The van der Waals surface area contributed by atoms with Gasteiger partial charge in [0, 0.05) is 25.1 Å². The van der Waals surface area contributed by atoms with Crippen LogP contribution in [0.2, 0.25) is 5.15 Å². The van der Waals surface area contributed by atoms with Crippen LogP contribution in [0.5, 0.6) is 0 Å². The van der Waals surface area contributed by atoms with E-state index in [9.17, 15) is 0 Å². The van der Waals surface area contributed by atoms with Gasteiger partial charge in [0.1, 0.15) is 0 Å². The second kappa shape index (κ2) is 4.70. The first-order valence-corrected chi connectivity index (χ1v) is 4.78. The summed E-state index contributed by atoms with van der Waals surface area (Å²) in [6.07, 6.45) is 6.56. The Labute approximate surface area is 91.3 Å². The van der Waals surface area contributed by atoms with E-state index < -0.39 is 0 Å². The quantitative estimate of drug-likeness (QED) is 0.833. The molecule has 0 fully saturated rings. The molecule has 1 N–H and O–H groups in total. The third-order valence-corrected chi connectivity index (χ3v) is 2.04. The number of aromatic nitrogens is 5. The Morgan fingerprint density at radius 3 is 2.87 bits per heavy atom. The van der Waals surface area contributed by atoms with Gasteiger partial charge in [-0.1, -0.05) is 16.8 Å². The van der Waals surface area contributed by atoms with E-state index >= 15 is 0 Å². The zero-order valence-electron chi connectivity index (χ0n) is 7.84. The zero-order valence-corrected chi connectivity index (χ0v) is 8.59. The molecule has 7 heteroatoms. The molecule has 2 aromatic heterocycles. The predicted octanol–water partition coefficient (Wildman–Crippen LogP) is 0.834. The first kappa shape index (κ1) is 9.85. The fourth-order valence-electron chi connectivity index (χ4n) is 1.08. The second-order valence-electron chi connectivity index (χ2n) is 2.79. The topological polar surface area (TPSA) is 68.5 Å². The van der Waals surface area contributed by atoms with Gasteiger partial charge in [-0.25, -0.2) is 9.97 Å². The minimum absolute atomic E-state index is 0.371. The molecule has 0 saturated heterocycles. The van der Waals surface area contributed by atoms with Gasteiger partial charge >= 0.3 is 0 Å². The van der Waals surface area contributed by atoms with Crippen LogP contribution in [0.3, 0.4) is 0 Å². The second-order valence-corrected chi connectivity index (χ2v) is 3.15. The Kier molecular flexibility index (Phi) is 3.08. The molecule has 0 atom stereocenters. The number of hydrogen-bond donors (Lipinski definition) is 1. The summed E-state index contributed by atoms with van der Waals surface area (Å²) in [6, 6.07) is 0. The fraction of sp³-hybridized carbons (Fsp3) is 0.250. The van der Waals surface area contributed by atoms with E-state index in [1.54, 1.807) is 29.5 Å². The Hall–Kier alpha value is -1.69. The lowest BCUT2D eigenvalue weighted by Gasteiger charge is -2.05. The highest BCUT2D eigenvalue weighted by Gasteiger charge is 2.00. The lowest BCUT2D eigenvalue weighted by Crippen LogP contribution is -2.12. The van der Waals surface area contributed by atoms with Crippen molar-refractivity contribution >= 4 is 17.4 Å².